The molecule has 0 unspecified atom stereocenters. The zero-order valence-corrected chi connectivity index (χ0v) is 13.9. The highest BCUT2D eigenvalue weighted by atomic mass is 19.1. The SMILES string of the molecule is COc1ncc(F)cc1-c1cc2cc(NC(=O)C3CC3)ncc2n1C. The van der Waals surface area contributed by atoms with Gasteiger partial charge in [0, 0.05) is 18.4 Å². The number of pyridine rings is 2. The van der Waals surface area contributed by atoms with Crippen molar-refractivity contribution in [1.82, 2.24) is 14.5 Å². The fourth-order valence-corrected chi connectivity index (χ4v) is 2.91. The van der Waals surface area contributed by atoms with Gasteiger partial charge in [-0.3, -0.25) is 4.79 Å². The van der Waals surface area contributed by atoms with Crippen molar-refractivity contribution in [3.8, 4) is 17.1 Å². The molecule has 3 aromatic heterocycles. The lowest BCUT2D eigenvalue weighted by Crippen LogP contribution is -2.14. The maximum Gasteiger partial charge on any atom is 0.228 e. The molecule has 25 heavy (non-hydrogen) atoms. The minimum atomic E-state index is -0.434. The molecule has 1 aliphatic carbocycles. The van der Waals surface area contributed by atoms with E-state index in [4.69, 9.17) is 4.74 Å². The summed E-state index contributed by atoms with van der Waals surface area (Å²) in [7, 11) is 3.37. The number of aryl methyl sites for hydroxylation is 1. The molecule has 0 spiro atoms. The highest BCUT2D eigenvalue weighted by Crippen LogP contribution is 2.34. The van der Waals surface area contributed by atoms with Gasteiger partial charge in [-0.25, -0.2) is 14.4 Å². The summed E-state index contributed by atoms with van der Waals surface area (Å²) >= 11 is 0. The van der Waals surface area contributed by atoms with Gasteiger partial charge in [0.2, 0.25) is 11.8 Å². The molecule has 1 fully saturated rings. The van der Waals surface area contributed by atoms with Crippen LogP contribution >= 0.6 is 0 Å². The Labute approximate surface area is 143 Å². The zero-order chi connectivity index (χ0) is 17.6. The number of carbonyl (C=O) groups is 1. The van der Waals surface area contributed by atoms with Gasteiger partial charge < -0.3 is 14.6 Å². The zero-order valence-electron chi connectivity index (χ0n) is 13.9. The van der Waals surface area contributed by atoms with Crippen LogP contribution in [0.1, 0.15) is 12.8 Å². The number of nitrogens with one attached hydrogen (secondary N) is 1. The average molecular weight is 340 g/mol. The Hall–Kier alpha value is -2.96. The quantitative estimate of drug-likeness (QED) is 0.792. The number of hydrogen-bond donors (Lipinski definition) is 1. The number of anilines is 1. The lowest BCUT2D eigenvalue weighted by Gasteiger charge is -2.08. The average Bonchev–Trinajstić information content (AvgIpc) is 3.40. The van der Waals surface area contributed by atoms with Crippen molar-refractivity contribution in [2.45, 2.75) is 12.8 Å². The van der Waals surface area contributed by atoms with Crippen LogP contribution in [0.2, 0.25) is 0 Å². The first-order valence-electron chi connectivity index (χ1n) is 8.03. The van der Waals surface area contributed by atoms with E-state index in [1.54, 1.807) is 6.20 Å². The molecule has 0 aromatic carbocycles. The van der Waals surface area contributed by atoms with Crippen LogP contribution in [0.15, 0.2) is 30.6 Å². The van der Waals surface area contributed by atoms with Gasteiger partial charge in [-0.15, -0.1) is 0 Å². The van der Waals surface area contributed by atoms with Gasteiger partial charge in [0.25, 0.3) is 0 Å². The van der Waals surface area contributed by atoms with E-state index in [9.17, 15) is 9.18 Å². The van der Waals surface area contributed by atoms with E-state index in [2.05, 4.69) is 15.3 Å². The molecule has 3 aromatic rings. The lowest BCUT2D eigenvalue weighted by atomic mass is 10.2. The van der Waals surface area contributed by atoms with Gasteiger partial charge in [0.05, 0.1) is 36.3 Å². The van der Waals surface area contributed by atoms with Gasteiger partial charge in [-0.2, -0.15) is 0 Å². The van der Waals surface area contributed by atoms with Gasteiger partial charge in [0.15, 0.2) is 0 Å². The molecular formula is C18H17FN4O2. The van der Waals surface area contributed by atoms with Crippen LogP contribution in [-0.4, -0.2) is 27.6 Å². The Bertz CT molecular complexity index is 979. The number of fused-ring (bicyclic) bond motifs is 1. The molecule has 0 aliphatic heterocycles. The molecule has 0 atom stereocenters. The number of halogens is 1. The smallest absolute Gasteiger partial charge is 0.228 e. The minimum Gasteiger partial charge on any atom is -0.481 e. The van der Waals surface area contributed by atoms with E-state index in [1.807, 2.05) is 23.7 Å². The van der Waals surface area contributed by atoms with E-state index >= 15 is 0 Å². The van der Waals surface area contributed by atoms with Gasteiger partial charge >= 0.3 is 0 Å². The summed E-state index contributed by atoms with van der Waals surface area (Å²) < 4.78 is 20.8. The Morgan fingerprint density at radius 1 is 1.28 bits per heavy atom. The highest BCUT2D eigenvalue weighted by Gasteiger charge is 2.29. The Morgan fingerprint density at radius 3 is 2.80 bits per heavy atom. The first-order chi connectivity index (χ1) is 12.1. The van der Waals surface area contributed by atoms with Crippen molar-refractivity contribution in [1.29, 1.82) is 0 Å². The van der Waals surface area contributed by atoms with E-state index < -0.39 is 5.82 Å². The van der Waals surface area contributed by atoms with Crippen LogP contribution in [0.25, 0.3) is 22.2 Å². The van der Waals surface area contributed by atoms with Crippen LogP contribution in [0.5, 0.6) is 5.88 Å². The van der Waals surface area contributed by atoms with E-state index in [0.29, 0.717) is 17.3 Å². The second-order valence-corrected chi connectivity index (χ2v) is 6.19. The second kappa shape index (κ2) is 5.84. The van der Waals surface area contributed by atoms with Gasteiger partial charge in [0.1, 0.15) is 11.6 Å². The number of methoxy groups -OCH3 is 1. The predicted octanol–water partition coefficient (Wildman–Crippen LogP) is 3.13. The molecular weight excluding hydrogens is 323 g/mol. The normalized spacial score (nSPS) is 13.9. The van der Waals surface area contributed by atoms with E-state index in [0.717, 1.165) is 35.6 Å². The van der Waals surface area contributed by atoms with Crippen molar-refractivity contribution in [3.63, 3.8) is 0 Å². The summed E-state index contributed by atoms with van der Waals surface area (Å²) in [6.07, 6.45) is 4.70. The molecule has 4 rings (SSSR count). The monoisotopic (exact) mass is 340 g/mol. The van der Waals surface area contributed by atoms with Crippen molar-refractivity contribution in [2.75, 3.05) is 12.4 Å². The van der Waals surface area contributed by atoms with E-state index in [-0.39, 0.29) is 11.8 Å². The Morgan fingerprint density at radius 2 is 2.08 bits per heavy atom. The lowest BCUT2D eigenvalue weighted by molar-refractivity contribution is -0.117. The maximum absolute atomic E-state index is 13.7. The molecule has 1 N–H and O–H groups in total. The molecule has 128 valence electrons. The summed E-state index contributed by atoms with van der Waals surface area (Å²) in [6, 6.07) is 5.12. The van der Waals surface area contributed by atoms with Crippen LogP contribution in [0.4, 0.5) is 10.2 Å². The van der Waals surface area contributed by atoms with Crippen molar-refractivity contribution in [2.24, 2.45) is 13.0 Å². The maximum atomic E-state index is 13.7. The van der Waals surface area contributed by atoms with Crippen molar-refractivity contribution >= 4 is 22.6 Å². The number of rotatable bonds is 4. The van der Waals surface area contributed by atoms with Crippen LogP contribution < -0.4 is 10.1 Å². The second-order valence-electron chi connectivity index (χ2n) is 6.19. The van der Waals surface area contributed by atoms with Crippen LogP contribution in [0.3, 0.4) is 0 Å². The summed E-state index contributed by atoms with van der Waals surface area (Å²) in [6.45, 7) is 0. The van der Waals surface area contributed by atoms with E-state index in [1.165, 1.54) is 13.2 Å². The molecule has 1 saturated carbocycles. The molecule has 0 radical (unpaired) electrons. The number of nitrogens with zero attached hydrogens (tertiary/aromatic N) is 3. The third-order valence-electron chi connectivity index (χ3n) is 4.42. The first kappa shape index (κ1) is 15.6. The topological polar surface area (TPSA) is 69.0 Å². The molecule has 3 heterocycles. The fourth-order valence-electron chi connectivity index (χ4n) is 2.91. The number of ether oxygens (including phenoxy) is 1. The molecule has 1 amide bonds. The highest BCUT2D eigenvalue weighted by molar-refractivity contribution is 5.96. The molecule has 0 bridgehead atoms. The Balaban J connectivity index is 1.77. The van der Waals surface area contributed by atoms with Crippen molar-refractivity contribution < 1.29 is 13.9 Å². The van der Waals surface area contributed by atoms with Gasteiger partial charge in [-0.1, -0.05) is 0 Å². The number of carbonyl (C=O) groups excluding carboxylic acids is 1. The summed E-state index contributed by atoms with van der Waals surface area (Å²) in [5.41, 5.74) is 2.18. The molecule has 1 aliphatic rings. The molecule has 0 saturated heterocycles. The predicted molar refractivity (Wildman–Crippen MR) is 91.8 cm³/mol. The van der Waals surface area contributed by atoms with Crippen LogP contribution in [0, 0.1) is 11.7 Å². The van der Waals surface area contributed by atoms with Crippen molar-refractivity contribution in [3.05, 3.63) is 36.4 Å². The van der Waals surface area contributed by atoms with Crippen LogP contribution in [-0.2, 0) is 11.8 Å². The summed E-state index contributed by atoms with van der Waals surface area (Å²) in [5.74, 6) is 0.565. The minimum absolute atomic E-state index is 0.0130. The molecule has 6 nitrogen and oxygen atoms in total. The molecule has 7 heteroatoms. The number of hydrogen-bond acceptors (Lipinski definition) is 4. The first-order valence-corrected chi connectivity index (χ1v) is 8.03. The fraction of sp³-hybridized carbons (Fsp3) is 0.278. The third-order valence-corrected chi connectivity index (χ3v) is 4.42. The number of aromatic nitrogens is 3. The third kappa shape index (κ3) is 2.82. The summed E-state index contributed by atoms with van der Waals surface area (Å²) in [4.78, 5) is 20.2. The standard InChI is InChI=1S/C18H17FN4O2/c1-23-14(13-7-12(19)8-21-18(13)25-2)5-11-6-16(20-9-15(11)23)22-17(24)10-3-4-10/h5-10H,3-4H2,1-2H3,(H,20,22,24). The van der Waals surface area contributed by atoms with Gasteiger partial charge in [-0.05, 0) is 31.0 Å². The summed E-state index contributed by atoms with van der Waals surface area (Å²) in [5, 5.41) is 3.73. The number of amides is 1. The largest absolute Gasteiger partial charge is 0.481 e. The Kier molecular flexibility index (Phi) is 3.63.